The van der Waals surface area contributed by atoms with Gasteiger partial charge in [0.2, 0.25) is 0 Å². The fourth-order valence-corrected chi connectivity index (χ4v) is 0.489. The molecule has 1 aliphatic rings. The van der Waals surface area contributed by atoms with Gasteiger partial charge < -0.3 is 15.0 Å². The minimum atomic E-state index is 0.171. The summed E-state index contributed by atoms with van der Waals surface area (Å²) in [6, 6.07) is 0.171. The van der Waals surface area contributed by atoms with Crippen LogP contribution in [-0.2, 0) is 4.74 Å². The molecule has 7 heavy (non-hydrogen) atoms. The number of methoxy groups -OCH3 is 1. The van der Waals surface area contributed by atoms with Gasteiger partial charge in [0.1, 0.15) is 0 Å². The first-order valence-electron chi connectivity index (χ1n) is 2.27. The highest BCUT2D eigenvalue weighted by Gasteiger charge is 2.23. The zero-order valence-corrected chi connectivity index (χ0v) is 4.26. The summed E-state index contributed by atoms with van der Waals surface area (Å²) in [6.07, 6.45) is 0. The highest BCUT2D eigenvalue weighted by Crippen LogP contribution is 2.13. The van der Waals surface area contributed by atoms with E-state index in [2.05, 4.69) is 0 Å². The summed E-state index contributed by atoms with van der Waals surface area (Å²) >= 11 is 0. The van der Waals surface area contributed by atoms with Gasteiger partial charge in [0.05, 0.1) is 6.61 Å². The van der Waals surface area contributed by atoms with Crippen LogP contribution >= 0.6 is 0 Å². The molecule has 0 aliphatic carbocycles. The Bertz CT molecular complexity index is 66.7. The Labute approximate surface area is 42.4 Å². The van der Waals surface area contributed by atoms with Gasteiger partial charge in [0.25, 0.3) is 0 Å². The van der Waals surface area contributed by atoms with E-state index < -0.39 is 0 Å². The van der Waals surface area contributed by atoms with Crippen LogP contribution in [0.3, 0.4) is 0 Å². The molecular weight excluding hydrogens is 94.0 g/mol. The molecule has 3 nitrogen and oxygen atoms in total. The number of ether oxygens (including phenoxy) is 1. The van der Waals surface area contributed by atoms with Crippen molar-refractivity contribution in [3.8, 4) is 0 Å². The molecule has 0 amide bonds. The lowest BCUT2D eigenvalue weighted by Crippen LogP contribution is -2.00. The van der Waals surface area contributed by atoms with E-state index in [-0.39, 0.29) is 6.04 Å². The summed E-state index contributed by atoms with van der Waals surface area (Å²) < 4.78 is 4.69. The van der Waals surface area contributed by atoms with Gasteiger partial charge in [-0.3, -0.25) is 0 Å². The normalized spacial score (nSPS) is 38.6. The number of hydroxylamine groups is 2. The number of hydrogen-bond acceptors (Lipinski definition) is 3. The molecule has 0 aromatic carbocycles. The smallest absolute Gasteiger partial charge is 0.0621 e. The fourth-order valence-electron chi connectivity index (χ4n) is 0.489. The average molecular weight is 102 g/mol. The van der Waals surface area contributed by atoms with E-state index in [9.17, 15) is 5.21 Å². The first kappa shape index (κ1) is 5.03. The second-order valence-corrected chi connectivity index (χ2v) is 1.71. The summed E-state index contributed by atoms with van der Waals surface area (Å²) in [5.74, 6) is 0. The third-order valence-electron chi connectivity index (χ3n) is 1.02. The quantitative estimate of drug-likeness (QED) is 0.453. The second kappa shape index (κ2) is 1.78. The van der Waals surface area contributed by atoms with Crippen LogP contribution in [0, 0.1) is 5.21 Å². The largest absolute Gasteiger partial charge is 0.785 e. The molecular formula is C4H8NO2-. The van der Waals surface area contributed by atoms with E-state index in [4.69, 9.17) is 4.74 Å². The Hall–Kier alpha value is -0.120. The molecule has 2 unspecified atom stereocenters. The molecule has 3 heteroatoms. The highest BCUT2D eigenvalue weighted by atomic mass is 16.5. The predicted molar refractivity (Wildman–Crippen MR) is 25.7 cm³/mol. The van der Waals surface area contributed by atoms with Crippen molar-refractivity contribution in [1.82, 2.24) is 5.06 Å². The van der Waals surface area contributed by atoms with Gasteiger partial charge in [-0.2, -0.15) is 0 Å². The zero-order chi connectivity index (χ0) is 5.28. The molecule has 1 aliphatic heterocycles. The van der Waals surface area contributed by atoms with Crippen molar-refractivity contribution < 1.29 is 4.74 Å². The van der Waals surface area contributed by atoms with Crippen LogP contribution in [0.1, 0.15) is 0 Å². The van der Waals surface area contributed by atoms with E-state index in [0.29, 0.717) is 13.2 Å². The molecule has 1 rings (SSSR count). The average Bonchev–Trinajstić information content (AvgIpc) is 2.22. The first-order chi connectivity index (χ1) is 3.34. The van der Waals surface area contributed by atoms with Crippen LogP contribution in [0.4, 0.5) is 0 Å². The maximum absolute atomic E-state index is 10.1. The number of rotatable bonds is 2. The minimum absolute atomic E-state index is 0.171. The van der Waals surface area contributed by atoms with Crippen molar-refractivity contribution in [2.24, 2.45) is 0 Å². The molecule has 1 fully saturated rings. The van der Waals surface area contributed by atoms with Gasteiger partial charge in [-0.1, -0.05) is 0 Å². The molecule has 0 N–H and O–H groups in total. The lowest BCUT2D eigenvalue weighted by molar-refractivity contribution is 0.193. The van der Waals surface area contributed by atoms with Crippen LogP contribution < -0.4 is 0 Å². The molecule has 0 spiro atoms. The Balaban J connectivity index is 1.98. The van der Waals surface area contributed by atoms with Gasteiger partial charge in [-0.25, -0.2) is 0 Å². The summed E-state index contributed by atoms with van der Waals surface area (Å²) in [7, 11) is 1.60. The lowest BCUT2D eigenvalue weighted by atomic mass is 10.5. The van der Waals surface area contributed by atoms with Crippen molar-refractivity contribution in [1.29, 1.82) is 0 Å². The molecule has 0 bridgehead atoms. The fraction of sp³-hybridized carbons (Fsp3) is 1.00. The van der Waals surface area contributed by atoms with Crippen molar-refractivity contribution in [2.45, 2.75) is 6.04 Å². The van der Waals surface area contributed by atoms with Crippen molar-refractivity contribution in [3.05, 3.63) is 5.21 Å². The zero-order valence-electron chi connectivity index (χ0n) is 4.26. The van der Waals surface area contributed by atoms with E-state index in [1.807, 2.05) is 0 Å². The molecule has 0 radical (unpaired) electrons. The van der Waals surface area contributed by atoms with Gasteiger partial charge in [-0.15, -0.1) is 0 Å². The van der Waals surface area contributed by atoms with Crippen LogP contribution in [0.25, 0.3) is 0 Å². The third-order valence-corrected chi connectivity index (χ3v) is 1.02. The van der Waals surface area contributed by atoms with Crippen LogP contribution in [0.2, 0.25) is 0 Å². The monoisotopic (exact) mass is 102 g/mol. The molecule has 0 aromatic rings. The Morgan fingerprint density at radius 1 is 2.00 bits per heavy atom. The molecule has 1 saturated heterocycles. The van der Waals surface area contributed by atoms with Gasteiger partial charge in [0, 0.05) is 19.7 Å². The topological polar surface area (TPSA) is 35.3 Å². The number of nitrogens with zero attached hydrogens (tertiary/aromatic N) is 1. The van der Waals surface area contributed by atoms with Gasteiger partial charge in [-0.05, 0) is 0 Å². The minimum Gasteiger partial charge on any atom is -0.785 e. The Morgan fingerprint density at radius 3 is 2.71 bits per heavy atom. The van der Waals surface area contributed by atoms with Crippen LogP contribution in [0.15, 0.2) is 0 Å². The van der Waals surface area contributed by atoms with Crippen LogP contribution in [0.5, 0.6) is 0 Å². The SMILES string of the molecule is COCC1CN1[O-]. The highest BCUT2D eigenvalue weighted by molar-refractivity contribution is 4.88. The van der Waals surface area contributed by atoms with E-state index in [0.717, 1.165) is 5.06 Å². The predicted octanol–water partition coefficient (Wildman–Crippen LogP) is -0.185. The molecule has 1 heterocycles. The van der Waals surface area contributed by atoms with Gasteiger partial charge >= 0.3 is 0 Å². The first-order valence-corrected chi connectivity index (χ1v) is 2.27. The lowest BCUT2D eigenvalue weighted by Gasteiger charge is -2.02. The maximum Gasteiger partial charge on any atom is 0.0621 e. The van der Waals surface area contributed by atoms with E-state index in [1.54, 1.807) is 7.11 Å². The second-order valence-electron chi connectivity index (χ2n) is 1.71. The summed E-state index contributed by atoms with van der Waals surface area (Å²) in [4.78, 5) is 0. The van der Waals surface area contributed by atoms with E-state index >= 15 is 0 Å². The Kier molecular flexibility index (Phi) is 1.27. The third kappa shape index (κ3) is 1.12. The maximum atomic E-state index is 10.1. The Morgan fingerprint density at radius 2 is 2.57 bits per heavy atom. The van der Waals surface area contributed by atoms with Crippen molar-refractivity contribution in [3.63, 3.8) is 0 Å². The standard InChI is InChI=1S/C4H8NO2/c1-7-3-4-2-5(4)6/h4H,2-3H2,1H3/q-1. The van der Waals surface area contributed by atoms with E-state index in [1.165, 1.54) is 0 Å². The number of hydrogen-bond donors (Lipinski definition) is 0. The molecule has 2 atom stereocenters. The summed E-state index contributed by atoms with van der Waals surface area (Å²) in [5, 5.41) is 11.1. The summed E-state index contributed by atoms with van der Waals surface area (Å²) in [6.45, 7) is 1.25. The molecule has 0 aromatic heterocycles. The van der Waals surface area contributed by atoms with Gasteiger partial charge in [0.15, 0.2) is 0 Å². The summed E-state index contributed by atoms with van der Waals surface area (Å²) in [5.41, 5.74) is 0. The van der Waals surface area contributed by atoms with Crippen molar-refractivity contribution >= 4 is 0 Å². The van der Waals surface area contributed by atoms with Crippen molar-refractivity contribution in [2.75, 3.05) is 20.3 Å². The van der Waals surface area contributed by atoms with Crippen LogP contribution in [-0.4, -0.2) is 31.4 Å². The molecule has 0 saturated carbocycles. The molecule has 42 valence electrons.